The first kappa shape index (κ1) is 14.1. The van der Waals surface area contributed by atoms with Crippen LogP contribution in [0.4, 0.5) is 10.8 Å². The summed E-state index contributed by atoms with van der Waals surface area (Å²) in [6, 6.07) is 4.22. The number of rotatable bonds is 3. The monoisotopic (exact) mass is 291 g/mol. The van der Waals surface area contributed by atoms with Gasteiger partial charge in [-0.3, -0.25) is 20.2 Å². The molecule has 0 bridgehead atoms. The molecule has 2 rings (SSSR count). The first-order chi connectivity index (χ1) is 9.38. The lowest BCUT2D eigenvalue weighted by Crippen LogP contribution is -2.13. The van der Waals surface area contributed by atoms with Crippen LogP contribution >= 0.6 is 11.3 Å². The van der Waals surface area contributed by atoms with Crippen molar-refractivity contribution < 1.29 is 9.72 Å². The van der Waals surface area contributed by atoms with E-state index in [0.717, 1.165) is 10.6 Å². The molecule has 0 radical (unpaired) electrons. The number of carbonyl (C=O) groups is 1. The summed E-state index contributed by atoms with van der Waals surface area (Å²) in [5.74, 6) is -0.389. The maximum absolute atomic E-state index is 12.2. The van der Waals surface area contributed by atoms with E-state index in [1.807, 2.05) is 13.8 Å². The molecular weight excluding hydrogens is 278 g/mol. The number of nitro benzene ring substituents is 1. The van der Waals surface area contributed by atoms with Gasteiger partial charge in [-0.15, -0.1) is 11.3 Å². The summed E-state index contributed by atoms with van der Waals surface area (Å²) in [5, 5.41) is 13.9. The summed E-state index contributed by atoms with van der Waals surface area (Å²) < 4.78 is 0. The average molecular weight is 291 g/mol. The molecule has 0 unspecified atom stereocenters. The smallest absolute Gasteiger partial charge is 0.270 e. The van der Waals surface area contributed by atoms with E-state index in [4.69, 9.17) is 0 Å². The van der Waals surface area contributed by atoms with Crippen molar-refractivity contribution in [2.45, 2.75) is 20.8 Å². The van der Waals surface area contributed by atoms with Crippen molar-refractivity contribution in [3.63, 3.8) is 0 Å². The molecule has 0 atom stereocenters. The van der Waals surface area contributed by atoms with Gasteiger partial charge in [-0.25, -0.2) is 4.98 Å². The van der Waals surface area contributed by atoms with Crippen LogP contribution in [0.5, 0.6) is 0 Å². The topological polar surface area (TPSA) is 85.1 Å². The Morgan fingerprint density at radius 3 is 2.60 bits per heavy atom. The van der Waals surface area contributed by atoms with Gasteiger partial charge in [0.2, 0.25) is 0 Å². The number of aromatic nitrogens is 1. The van der Waals surface area contributed by atoms with E-state index in [9.17, 15) is 14.9 Å². The highest BCUT2D eigenvalue weighted by Crippen LogP contribution is 2.23. The second-order valence-corrected chi connectivity index (χ2v) is 5.57. The van der Waals surface area contributed by atoms with E-state index in [1.54, 1.807) is 13.0 Å². The number of nitro groups is 1. The van der Waals surface area contributed by atoms with Crippen molar-refractivity contribution in [2.24, 2.45) is 0 Å². The molecule has 0 aliphatic rings. The molecule has 0 saturated heterocycles. The molecule has 6 nitrogen and oxygen atoms in total. The number of hydrogen-bond acceptors (Lipinski definition) is 5. The third-order valence-electron chi connectivity index (χ3n) is 2.93. The average Bonchev–Trinajstić information content (AvgIpc) is 2.68. The van der Waals surface area contributed by atoms with Crippen LogP contribution in [0.15, 0.2) is 18.2 Å². The molecule has 2 aromatic rings. The molecule has 0 aliphatic carbocycles. The molecule has 1 N–H and O–H groups in total. The van der Waals surface area contributed by atoms with Crippen molar-refractivity contribution in [1.29, 1.82) is 0 Å². The van der Waals surface area contributed by atoms with E-state index in [2.05, 4.69) is 10.3 Å². The lowest BCUT2D eigenvalue weighted by atomic mass is 10.1. The molecule has 104 valence electrons. The van der Waals surface area contributed by atoms with Crippen LogP contribution in [0.1, 0.15) is 26.5 Å². The van der Waals surface area contributed by atoms with Crippen LogP contribution in [0.25, 0.3) is 0 Å². The molecular formula is C13H13N3O3S. The number of benzene rings is 1. The molecule has 0 spiro atoms. The van der Waals surface area contributed by atoms with E-state index in [-0.39, 0.29) is 17.2 Å². The minimum Gasteiger partial charge on any atom is -0.298 e. The fraction of sp³-hybridized carbons (Fsp3) is 0.231. The lowest BCUT2D eigenvalue weighted by Gasteiger charge is -2.05. The Morgan fingerprint density at radius 1 is 1.35 bits per heavy atom. The zero-order valence-corrected chi connectivity index (χ0v) is 12.1. The molecule has 20 heavy (non-hydrogen) atoms. The van der Waals surface area contributed by atoms with Gasteiger partial charge in [0, 0.05) is 22.6 Å². The Balaban J connectivity index is 2.29. The predicted octanol–water partition coefficient (Wildman–Crippen LogP) is 3.23. The number of non-ortho nitro benzene ring substituents is 1. The second kappa shape index (κ2) is 5.38. The van der Waals surface area contributed by atoms with Crippen molar-refractivity contribution >= 4 is 28.1 Å². The van der Waals surface area contributed by atoms with Crippen LogP contribution < -0.4 is 5.32 Å². The van der Waals surface area contributed by atoms with Crippen molar-refractivity contribution in [1.82, 2.24) is 4.98 Å². The Hall–Kier alpha value is -2.28. The molecule has 7 heteroatoms. The summed E-state index contributed by atoms with van der Waals surface area (Å²) in [7, 11) is 0. The van der Waals surface area contributed by atoms with Gasteiger partial charge in [-0.2, -0.15) is 0 Å². The number of thiazole rings is 1. The van der Waals surface area contributed by atoms with Gasteiger partial charge in [0.05, 0.1) is 10.6 Å². The van der Waals surface area contributed by atoms with Crippen molar-refractivity contribution in [2.75, 3.05) is 5.32 Å². The maximum Gasteiger partial charge on any atom is 0.270 e. The quantitative estimate of drug-likeness (QED) is 0.695. The van der Waals surface area contributed by atoms with Crippen LogP contribution in [0, 0.1) is 30.9 Å². The number of carbonyl (C=O) groups excluding carboxylic acids is 1. The van der Waals surface area contributed by atoms with Crippen LogP contribution in [-0.2, 0) is 0 Å². The summed E-state index contributed by atoms with van der Waals surface area (Å²) in [6.07, 6.45) is 0. The van der Waals surface area contributed by atoms with Gasteiger partial charge in [-0.1, -0.05) is 6.07 Å². The van der Waals surface area contributed by atoms with Crippen LogP contribution in [0.2, 0.25) is 0 Å². The second-order valence-electron chi connectivity index (χ2n) is 4.37. The van der Waals surface area contributed by atoms with E-state index >= 15 is 0 Å². The molecule has 0 fully saturated rings. The third kappa shape index (κ3) is 2.83. The van der Waals surface area contributed by atoms with E-state index < -0.39 is 4.92 Å². The highest BCUT2D eigenvalue weighted by molar-refractivity contribution is 7.15. The number of nitrogens with one attached hydrogen (secondary N) is 1. The number of anilines is 1. The number of amides is 1. The summed E-state index contributed by atoms with van der Waals surface area (Å²) >= 11 is 1.38. The van der Waals surface area contributed by atoms with Gasteiger partial charge in [0.15, 0.2) is 5.13 Å². The van der Waals surface area contributed by atoms with Crippen LogP contribution in [-0.4, -0.2) is 15.8 Å². The Labute approximate surface area is 119 Å². The van der Waals surface area contributed by atoms with Gasteiger partial charge >= 0.3 is 0 Å². The normalized spacial score (nSPS) is 10.3. The van der Waals surface area contributed by atoms with E-state index in [1.165, 1.54) is 23.5 Å². The largest absolute Gasteiger partial charge is 0.298 e. The summed E-state index contributed by atoms with van der Waals surface area (Å²) in [4.78, 5) is 27.6. The van der Waals surface area contributed by atoms with Gasteiger partial charge < -0.3 is 0 Å². The molecule has 0 saturated carbocycles. The summed E-state index contributed by atoms with van der Waals surface area (Å²) in [5.41, 5.74) is 1.72. The minimum atomic E-state index is -0.520. The Morgan fingerprint density at radius 2 is 2.05 bits per heavy atom. The highest BCUT2D eigenvalue weighted by Gasteiger charge is 2.16. The Bertz CT molecular complexity index is 675. The van der Waals surface area contributed by atoms with Crippen LogP contribution in [0.3, 0.4) is 0 Å². The van der Waals surface area contributed by atoms with Gasteiger partial charge in [0.1, 0.15) is 0 Å². The number of hydrogen-bond donors (Lipinski definition) is 1. The van der Waals surface area contributed by atoms with Crippen molar-refractivity contribution in [3.05, 3.63) is 50.0 Å². The fourth-order valence-electron chi connectivity index (χ4n) is 1.66. The SMILES string of the molecule is Cc1ccc([N+](=O)[O-])cc1C(=O)Nc1nc(C)c(C)s1. The molecule has 1 amide bonds. The summed E-state index contributed by atoms with van der Waals surface area (Å²) in [6.45, 7) is 5.51. The standard InChI is InChI=1S/C13H13N3O3S/c1-7-4-5-10(16(18)19)6-11(7)12(17)15-13-14-8(2)9(3)20-13/h4-6H,1-3H3,(H,14,15,17). The highest BCUT2D eigenvalue weighted by atomic mass is 32.1. The van der Waals surface area contributed by atoms with Gasteiger partial charge in [-0.05, 0) is 26.3 Å². The lowest BCUT2D eigenvalue weighted by molar-refractivity contribution is -0.384. The Kier molecular flexibility index (Phi) is 3.80. The third-order valence-corrected chi connectivity index (χ3v) is 3.91. The predicted molar refractivity (Wildman–Crippen MR) is 77.4 cm³/mol. The zero-order chi connectivity index (χ0) is 14.9. The minimum absolute atomic E-state index is 0.104. The molecule has 1 aromatic carbocycles. The zero-order valence-electron chi connectivity index (χ0n) is 11.3. The number of aryl methyl sites for hydroxylation is 3. The van der Waals surface area contributed by atoms with Crippen molar-refractivity contribution in [3.8, 4) is 0 Å². The number of nitrogens with zero attached hydrogens (tertiary/aromatic N) is 2. The fourth-order valence-corrected chi connectivity index (χ4v) is 2.47. The maximum atomic E-state index is 12.2. The molecule has 1 aromatic heterocycles. The van der Waals surface area contributed by atoms with E-state index in [0.29, 0.717) is 10.7 Å². The first-order valence-corrected chi connectivity index (χ1v) is 6.70. The first-order valence-electron chi connectivity index (χ1n) is 5.89. The van der Waals surface area contributed by atoms with Gasteiger partial charge in [0.25, 0.3) is 11.6 Å². The molecule has 1 heterocycles. The molecule has 0 aliphatic heterocycles.